The maximum absolute atomic E-state index is 13.3. The summed E-state index contributed by atoms with van der Waals surface area (Å²) in [5, 5.41) is 20.9. The number of benzene rings is 2. The molecular weight excluding hydrogens is 241 g/mol. The van der Waals surface area contributed by atoms with Crippen LogP contribution < -0.4 is 5.32 Å². The van der Waals surface area contributed by atoms with Gasteiger partial charge in [0, 0.05) is 5.69 Å². The number of nitrogens with zero attached hydrogens (tertiary/aromatic N) is 2. The molecule has 1 N–H and O–H groups in total. The molecule has 4 heteroatoms. The van der Waals surface area contributed by atoms with Crippen LogP contribution in [0.5, 0.6) is 0 Å². The molecule has 0 saturated carbocycles. The Morgan fingerprint density at radius 1 is 1.11 bits per heavy atom. The molecule has 19 heavy (non-hydrogen) atoms. The zero-order chi connectivity index (χ0) is 13.8. The third-order valence-electron chi connectivity index (χ3n) is 2.69. The Bertz CT molecular complexity index is 708. The first-order chi connectivity index (χ1) is 9.13. The molecule has 0 atom stereocenters. The molecule has 0 heterocycles. The zero-order valence-corrected chi connectivity index (χ0v) is 10.2. The zero-order valence-electron chi connectivity index (χ0n) is 10.2. The van der Waals surface area contributed by atoms with Crippen LogP contribution in [-0.4, -0.2) is 0 Å². The van der Waals surface area contributed by atoms with Crippen LogP contribution >= 0.6 is 0 Å². The van der Waals surface area contributed by atoms with E-state index in [2.05, 4.69) is 11.4 Å². The van der Waals surface area contributed by atoms with E-state index in [0.29, 0.717) is 16.9 Å². The summed E-state index contributed by atoms with van der Waals surface area (Å²) in [6.45, 7) is 1.83. The lowest BCUT2D eigenvalue weighted by Crippen LogP contribution is -1.96. The summed E-state index contributed by atoms with van der Waals surface area (Å²) in [7, 11) is 0. The summed E-state index contributed by atoms with van der Waals surface area (Å²) >= 11 is 0. The van der Waals surface area contributed by atoms with Gasteiger partial charge in [0.25, 0.3) is 0 Å². The summed E-state index contributed by atoms with van der Waals surface area (Å²) in [6, 6.07) is 13.3. The van der Waals surface area contributed by atoms with Gasteiger partial charge in [0.15, 0.2) is 0 Å². The summed E-state index contributed by atoms with van der Waals surface area (Å²) < 4.78 is 13.3. The SMILES string of the molecule is Cc1cccc(Nc2cc(F)cc(C#N)c2)c1C#N. The van der Waals surface area contributed by atoms with Gasteiger partial charge in [-0.3, -0.25) is 0 Å². The fourth-order valence-electron chi connectivity index (χ4n) is 1.80. The van der Waals surface area contributed by atoms with Gasteiger partial charge in [-0.15, -0.1) is 0 Å². The Labute approximate surface area is 110 Å². The molecule has 0 radical (unpaired) electrons. The van der Waals surface area contributed by atoms with Gasteiger partial charge < -0.3 is 5.32 Å². The highest BCUT2D eigenvalue weighted by molar-refractivity contribution is 5.69. The normalized spacial score (nSPS) is 9.47. The van der Waals surface area contributed by atoms with E-state index in [-0.39, 0.29) is 5.56 Å². The van der Waals surface area contributed by atoms with Crippen molar-refractivity contribution in [3.8, 4) is 12.1 Å². The molecule has 0 aliphatic heterocycles. The molecule has 0 bridgehead atoms. The van der Waals surface area contributed by atoms with Gasteiger partial charge in [-0.2, -0.15) is 10.5 Å². The summed E-state index contributed by atoms with van der Waals surface area (Å²) in [4.78, 5) is 0. The minimum atomic E-state index is -0.493. The van der Waals surface area contributed by atoms with Gasteiger partial charge in [-0.05, 0) is 36.8 Å². The van der Waals surface area contributed by atoms with Gasteiger partial charge in [-0.1, -0.05) is 12.1 Å². The number of halogens is 1. The molecule has 2 aromatic rings. The molecule has 0 aliphatic carbocycles. The molecule has 0 spiro atoms. The number of nitrogens with one attached hydrogen (secondary N) is 1. The highest BCUT2D eigenvalue weighted by Crippen LogP contribution is 2.24. The third kappa shape index (κ3) is 2.70. The van der Waals surface area contributed by atoms with Crippen molar-refractivity contribution < 1.29 is 4.39 Å². The van der Waals surface area contributed by atoms with Crippen LogP contribution in [0.1, 0.15) is 16.7 Å². The van der Waals surface area contributed by atoms with E-state index in [1.807, 2.05) is 25.1 Å². The second-order valence-electron chi connectivity index (χ2n) is 4.07. The Morgan fingerprint density at radius 3 is 2.58 bits per heavy atom. The van der Waals surface area contributed by atoms with Gasteiger partial charge in [0.2, 0.25) is 0 Å². The number of hydrogen-bond donors (Lipinski definition) is 1. The largest absolute Gasteiger partial charge is 0.354 e. The van der Waals surface area contributed by atoms with Crippen LogP contribution in [0.2, 0.25) is 0 Å². The van der Waals surface area contributed by atoms with Crippen molar-refractivity contribution in [2.45, 2.75) is 6.92 Å². The van der Waals surface area contributed by atoms with E-state index >= 15 is 0 Å². The van der Waals surface area contributed by atoms with Crippen LogP contribution in [-0.2, 0) is 0 Å². The fraction of sp³-hybridized carbons (Fsp3) is 0.0667. The van der Waals surface area contributed by atoms with Gasteiger partial charge >= 0.3 is 0 Å². The Balaban J connectivity index is 2.43. The minimum absolute atomic E-state index is 0.230. The number of aryl methyl sites for hydroxylation is 1. The van der Waals surface area contributed by atoms with E-state index in [4.69, 9.17) is 10.5 Å². The molecule has 0 unspecified atom stereocenters. The molecule has 92 valence electrons. The number of nitriles is 2. The molecule has 0 aromatic heterocycles. The number of hydrogen-bond acceptors (Lipinski definition) is 3. The van der Waals surface area contributed by atoms with Crippen molar-refractivity contribution in [1.29, 1.82) is 10.5 Å². The first-order valence-corrected chi connectivity index (χ1v) is 5.61. The predicted octanol–water partition coefficient (Wildman–Crippen LogP) is 3.62. The maximum Gasteiger partial charge on any atom is 0.126 e. The predicted molar refractivity (Wildman–Crippen MR) is 70.3 cm³/mol. The number of anilines is 2. The van der Waals surface area contributed by atoms with Crippen molar-refractivity contribution >= 4 is 11.4 Å². The average molecular weight is 251 g/mol. The van der Waals surface area contributed by atoms with Crippen molar-refractivity contribution in [3.05, 3.63) is 58.9 Å². The van der Waals surface area contributed by atoms with E-state index < -0.39 is 5.82 Å². The van der Waals surface area contributed by atoms with Crippen molar-refractivity contribution in [2.75, 3.05) is 5.32 Å². The first kappa shape index (κ1) is 12.6. The van der Waals surface area contributed by atoms with Gasteiger partial charge in [0.1, 0.15) is 11.9 Å². The van der Waals surface area contributed by atoms with Crippen LogP contribution in [0, 0.1) is 35.4 Å². The van der Waals surface area contributed by atoms with E-state index in [1.165, 1.54) is 12.1 Å². The molecule has 2 aromatic carbocycles. The van der Waals surface area contributed by atoms with Crippen molar-refractivity contribution in [2.24, 2.45) is 0 Å². The standard InChI is InChI=1S/C15H10FN3/c1-10-3-2-4-15(14(10)9-18)19-13-6-11(8-17)5-12(16)7-13/h2-7,19H,1H3. The smallest absolute Gasteiger partial charge is 0.126 e. The Morgan fingerprint density at radius 2 is 1.89 bits per heavy atom. The third-order valence-corrected chi connectivity index (χ3v) is 2.69. The highest BCUT2D eigenvalue weighted by atomic mass is 19.1. The van der Waals surface area contributed by atoms with Gasteiger partial charge in [0.05, 0.1) is 22.9 Å². The van der Waals surface area contributed by atoms with Crippen LogP contribution in [0.15, 0.2) is 36.4 Å². The monoisotopic (exact) mass is 251 g/mol. The molecule has 0 saturated heterocycles. The average Bonchev–Trinajstić information content (AvgIpc) is 2.38. The van der Waals surface area contributed by atoms with E-state index in [1.54, 1.807) is 6.07 Å². The second kappa shape index (κ2) is 5.20. The molecule has 3 nitrogen and oxygen atoms in total. The molecule has 0 aliphatic rings. The highest BCUT2D eigenvalue weighted by Gasteiger charge is 2.06. The molecular formula is C15H10FN3. The van der Waals surface area contributed by atoms with Crippen molar-refractivity contribution in [3.63, 3.8) is 0 Å². The molecule has 2 rings (SSSR count). The molecule has 0 fully saturated rings. The Hall–Kier alpha value is -2.85. The Kier molecular flexibility index (Phi) is 3.45. The lowest BCUT2D eigenvalue weighted by molar-refractivity contribution is 0.628. The first-order valence-electron chi connectivity index (χ1n) is 5.61. The quantitative estimate of drug-likeness (QED) is 0.886. The summed E-state index contributed by atoms with van der Waals surface area (Å²) in [5.41, 5.74) is 2.61. The lowest BCUT2D eigenvalue weighted by atomic mass is 10.1. The van der Waals surface area contributed by atoms with Crippen LogP contribution in [0.4, 0.5) is 15.8 Å². The van der Waals surface area contributed by atoms with Crippen LogP contribution in [0.3, 0.4) is 0 Å². The number of rotatable bonds is 2. The van der Waals surface area contributed by atoms with Crippen LogP contribution in [0.25, 0.3) is 0 Å². The van der Waals surface area contributed by atoms with E-state index in [0.717, 1.165) is 11.6 Å². The second-order valence-corrected chi connectivity index (χ2v) is 4.07. The fourth-order valence-corrected chi connectivity index (χ4v) is 1.80. The maximum atomic E-state index is 13.3. The minimum Gasteiger partial charge on any atom is -0.354 e. The topological polar surface area (TPSA) is 59.6 Å². The molecule has 0 amide bonds. The lowest BCUT2D eigenvalue weighted by Gasteiger charge is -2.10. The van der Waals surface area contributed by atoms with E-state index in [9.17, 15) is 4.39 Å². The summed E-state index contributed by atoms with van der Waals surface area (Å²) in [6.07, 6.45) is 0. The summed E-state index contributed by atoms with van der Waals surface area (Å²) in [5.74, 6) is -0.493. The van der Waals surface area contributed by atoms with Crippen molar-refractivity contribution in [1.82, 2.24) is 0 Å². The van der Waals surface area contributed by atoms with Gasteiger partial charge in [-0.25, -0.2) is 4.39 Å².